The summed E-state index contributed by atoms with van der Waals surface area (Å²) in [7, 11) is 1.47. The number of ether oxygens (including phenoxy) is 2. The van der Waals surface area contributed by atoms with Gasteiger partial charge in [-0.2, -0.15) is 0 Å². The van der Waals surface area contributed by atoms with E-state index in [9.17, 15) is 29.3 Å². The number of hydrogen-bond acceptors (Lipinski definition) is 7. The molecular formula is C33H40FIN2O7. The van der Waals surface area contributed by atoms with Crippen LogP contribution in [-0.4, -0.2) is 70.5 Å². The fourth-order valence-electron chi connectivity index (χ4n) is 7.04. The van der Waals surface area contributed by atoms with Gasteiger partial charge in [-0.3, -0.25) is 9.59 Å². The molecule has 11 heteroatoms. The molecule has 9 nitrogen and oxygen atoms in total. The zero-order valence-corrected chi connectivity index (χ0v) is 26.9. The van der Waals surface area contributed by atoms with Crippen LogP contribution in [0.4, 0.5) is 4.39 Å². The zero-order chi connectivity index (χ0) is 31.4. The van der Waals surface area contributed by atoms with Gasteiger partial charge >= 0.3 is 0 Å². The Bertz CT molecular complexity index is 1370. The monoisotopic (exact) mass is 722 g/mol. The maximum Gasteiger partial charge on any atom is 0.247 e. The molecule has 4 N–H and O–H groups in total. The number of halogens is 2. The van der Waals surface area contributed by atoms with Crippen LogP contribution in [0.25, 0.3) is 0 Å². The number of methoxy groups -OCH3 is 1. The average molecular weight is 723 g/mol. The van der Waals surface area contributed by atoms with Crippen molar-refractivity contribution in [3.05, 3.63) is 68.6 Å². The van der Waals surface area contributed by atoms with E-state index >= 15 is 0 Å². The van der Waals surface area contributed by atoms with E-state index in [2.05, 4.69) is 27.9 Å². The van der Waals surface area contributed by atoms with Gasteiger partial charge in [-0.15, -0.1) is 0 Å². The molecule has 0 spiro atoms. The van der Waals surface area contributed by atoms with E-state index in [0.29, 0.717) is 50.0 Å². The first kappa shape index (κ1) is 32.6. The van der Waals surface area contributed by atoms with Crippen molar-refractivity contribution in [1.82, 2.24) is 10.2 Å². The summed E-state index contributed by atoms with van der Waals surface area (Å²) in [6.45, 7) is -0.257. The van der Waals surface area contributed by atoms with E-state index in [1.165, 1.54) is 25.7 Å². The van der Waals surface area contributed by atoms with Crippen molar-refractivity contribution < 1.29 is 38.8 Å². The third-order valence-corrected chi connectivity index (χ3v) is 10.0. The number of carbonyl (C=O) groups excluding carboxylic acids is 2. The van der Waals surface area contributed by atoms with Gasteiger partial charge < -0.3 is 35.0 Å². The highest BCUT2D eigenvalue weighted by atomic mass is 127. The van der Waals surface area contributed by atoms with Crippen LogP contribution in [-0.2, 0) is 22.7 Å². The molecule has 6 unspecified atom stereocenters. The number of amides is 2. The maximum absolute atomic E-state index is 14.1. The Morgan fingerprint density at radius 3 is 2.52 bits per heavy atom. The summed E-state index contributed by atoms with van der Waals surface area (Å²) in [5.41, 5.74) is 1.64. The zero-order valence-electron chi connectivity index (χ0n) is 24.8. The van der Waals surface area contributed by atoms with Crippen molar-refractivity contribution in [2.45, 2.75) is 69.9 Å². The smallest absolute Gasteiger partial charge is 0.247 e. The average Bonchev–Trinajstić information content (AvgIpc) is 3.65. The molecule has 0 aromatic heterocycles. The van der Waals surface area contributed by atoms with Gasteiger partial charge in [0.15, 0.2) is 11.5 Å². The molecule has 2 aromatic rings. The Labute approximate surface area is 270 Å². The Hall–Kier alpha value is -2.74. The molecule has 238 valence electrons. The summed E-state index contributed by atoms with van der Waals surface area (Å²) in [6, 6.07) is 8.49. The molecule has 0 aliphatic heterocycles. The van der Waals surface area contributed by atoms with Crippen molar-refractivity contribution in [3.63, 3.8) is 0 Å². The van der Waals surface area contributed by atoms with Crippen molar-refractivity contribution in [3.8, 4) is 11.5 Å². The molecule has 5 rings (SSSR count). The Kier molecular flexibility index (Phi) is 10.8. The molecule has 0 radical (unpaired) electrons. The summed E-state index contributed by atoms with van der Waals surface area (Å²) in [4.78, 5) is 29.0. The quantitative estimate of drug-likeness (QED) is 0.246. The van der Waals surface area contributed by atoms with Crippen LogP contribution in [0.1, 0.15) is 49.7 Å². The van der Waals surface area contributed by atoms with Crippen LogP contribution in [0.5, 0.6) is 11.5 Å². The largest absolute Gasteiger partial charge is 0.493 e. The lowest BCUT2D eigenvalue weighted by Gasteiger charge is -2.41. The third-order valence-electron chi connectivity index (χ3n) is 9.25. The maximum atomic E-state index is 14.1. The second-order valence-corrected chi connectivity index (χ2v) is 13.2. The lowest BCUT2D eigenvalue weighted by molar-refractivity contribution is -0.141. The van der Waals surface area contributed by atoms with E-state index in [0.717, 1.165) is 19.3 Å². The number of rotatable bonds is 12. The summed E-state index contributed by atoms with van der Waals surface area (Å²) in [5.74, 6) is 1.23. The fourth-order valence-corrected chi connectivity index (χ4v) is 7.83. The number of carbonyl (C=O) groups is 2. The van der Waals surface area contributed by atoms with E-state index in [1.807, 2.05) is 0 Å². The van der Waals surface area contributed by atoms with Gasteiger partial charge in [-0.25, -0.2) is 4.39 Å². The lowest BCUT2D eigenvalue weighted by Crippen LogP contribution is -2.55. The van der Waals surface area contributed by atoms with Crippen LogP contribution < -0.4 is 14.8 Å². The number of aliphatic hydroxyl groups is 3. The van der Waals surface area contributed by atoms with Crippen LogP contribution in [0.15, 0.2) is 48.0 Å². The second kappa shape index (κ2) is 14.6. The normalized spacial score (nSPS) is 25.8. The van der Waals surface area contributed by atoms with E-state index in [1.54, 1.807) is 35.2 Å². The molecule has 0 heterocycles. The van der Waals surface area contributed by atoms with E-state index in [-0.39, 0.29) is 50.4 Å². The molecule has 2 fully saturated rings. The Morgan fingerprint density at radius 2 is 1.89 bits per heavy atom. The predicted octanol–water partition coefficient (Wildman–Crippen LogP) is 3.70. The molecule has 2 amide bonds. The van der Waals surface area contributed by atoms with Gasteiger partial charge in [0, 0.05) is 31.5 Å². The Balaban J connectivity index is 1.48. The molecule has 44 heavy (non-hydrogen) atoms. The highest BCUT2D eigenvalue weighted by Gasteiger charge is 2.44. The van der Waals surface area contributed by atoms with Crippen LogP contribution in [0.2, 0.25) is 0 Å². The van der Waals surface area contributed by atoms with E-state index < -0.39 is 24.2 Å². The lowest BCUT2D eigenvalue weighted by atomic mass is 9.84. The molecule has 0 saturated heterocycles. The first-order valence-electron chi connectivity index (χ1n) is 15.2. The number of fused-ring (bicyclic) bond motifs is 2. The van der Waals surface area contributed by atoms with Gasteiger partial charge in [0.05, 0.1) is 29.9 Å². The van der Waals surface area contributed by atoms with Crippen LogP contribution >= 0.6 is 22.6 Å². The van der Waals surface area contributed by atoms with Crippen LogP contribution in [0, 0.1) is 27.1 Å². The molecular weight excluding hydrogens is 682 g/mol. The van der Waals surface area contributed by atoms with Gasteiger partial charge in [0.25, 0.3) is 0 Å². The van der Waals surface area contributed by atoms with Crippen molar-refractivity contribution in [1.29, 1.82) is 0 Å². The summed E-state index contributed by atoms with van der Waals surface area (Å²) >= 11 is 2.06. The molecule has 2 bridgehead atoms. The van der Waals surface area contributed by atoms with Gasteiger partial charge in [0.2, 0.25) is 11.8 Å². The van der Waals surface area contributed by atoms with Crippen molar-refractivity contribution >= 4 is 34.4 Å². The number of nitrogens with zero attached hydrogens (tertiary/aromatic N) is 1. The van der Waals surface area contributed by atoms with Gasteiger partial charge in [-0.05, 0) is 101 Å². The summed E-state index contributed by atoms with van der Waals surface area (Å²) in [6.07, 6.45) is 4.26. The topological polar surface area (TPSA) is 129 Å². The molecule has 3 aliphatic rings. The standard InChI is InChI=1S/C33H40FIN2O7/c1-43-29-13-21(18-39)12-26(35)32(29)44-28-15-24(33(42)36-8-9-38)14-27(31(28)41)37(17-19-3-6-25(34)7-4-19)30(40)16-23-11-20-2-5-22(23)10-20/h3-4,6-7,12-13,15,20,22-23,27-28,31,38-39,41H,2,5,8-11,14,16-18H2,1H3,(H,36,42). The number of benzene rings is 2. The highest BCUT2D eigenvalue weighted by Crippen LogP contribution is 2.50. The minimum Gasteiger partial charge on any atom is -0.493 e. The highest BCUT2D eigenvalue weighted by molar-refractivity contribution is 14.1. The number of hydrogen-bond donors (Lipinski definition) is 4. The molecule has 3 aliphatic carbocycles. The SMILES string of the molecule is COc1cc(CO)cc(I)c1OC1C=C(C(=O)NCCO)CC(N(Cc2ccc(F)cc2)C(=O)CC2CC3CCC2C3)C1O. The first-order chi connectivity index (χ1) is 21.2. The van der Waals surface area contributed by atoms with Crippen molar-refractivity contribution in [2.75, 3.05) is 20.3 Å². The minimum atomic E-state index is -1.22. The molecule has 2 aromatic carbocycles. The summed E-state index contributed by atoms with van der Waals surface area (Å²) in [5, 5.41) is 33.5. The van der Waals surface area contributed by atoms with E-state index in [4.69, 9.17) is 9.47 Å². The van der Waals surface area contributed by atoms with Gasteiger partial charge in [0.1, 0.15) is 18.0 Å². The number of nitrogens with one attached hydrogen (secondary N) is 1. The number of aliphatic hydroxyl groups excluding tert-OH is 3. The second-order valence-electron chi connectivity index (χ2n) is 12.1. The molecule has 2 saturated carbocycles. The third kappa shape index (κ3) is 7.38. The fraction of sp³-hybridized carbons (Fsp3) is 0.515. The predicted molar refractivity (Wildman–Crippen MR) is 169 cm³/mol. The van der Waals surface area contributed by atoms with Crippen LogP contribution in [0.3, 0.4) is 0 Å². The minimum absolute atomic E-state index is 0.0473. The molecule has 6 atom stereocenters. The van der Waals surface area contributed by atoms with Crippen molar-refractivity contribution in [2.24, 2.45) is 17.8 Å². The van der Waals surface area contributed by atoms with Gasteiger partial charge in [-0.1, -0.05) is 18.6 Å². The summed E-state index contributed by atoms with van der Waals surface area (Å²) < 4.78 is 26.3. The Morgan fingerprint density at radius 1 is 1.11 bits per heavy atom. The first-order valence-corrected chi connectivity index (χ1v) is 16.2.